The highest BCUT2D eigenvalue weighted by Gasteiger charge is 2.02. The van der Waals surface area contributed by atoms with Gasteiger partial charge in [0.15, 0.2) is 5.76 Å². The predicted octanol–water partition coefficient (Wildman–Crippen LogP) is 3.28. The van der Waals surface area contributed by atoms with Crippen LogP contribution in [0.4, 0.5) is 0 Å². The van der Waals surface area contributed by atoms with E-state index < -0.39 is 5.43 Å². The van der Waals surface area contributed by atoms with Crippen LogP contribution in [-0.4, -0.2) is 5.11 Å². The average molecular weight is 293 g/mol. The monoisotopic (exact) mass is 292 g/mol. The molecule has 86 valence electrons. The van der Waals surface area contributed by atoms with Gasteiger partial charge in [0.1, 0.15) is 0 Å². The van der Waals surface area contributed by atoms with Crippen LogP contribution in [0, 0.1) is 0 Å². The third-order valence-corrected chi connectivity index (χ3v) is 2.71. The maximum Gasteiger partial charge on any atom is 0.227 e. The standard InChI is InChI=1S/C13H9BrO3/c14-10-4-1-9(2-5-10)3-6-12-13(16)11(15)7-8-17-12/h1-8,16H. The van der Waals surface area contributed by atoms with Gasteiger partial charge in [-0.15, -0.1) is 0 Å². The molecule has 0 bridgehead atoms. The molecule has 0 saturated carbocycles. The van der Waals surface area contributed by atoms with E-state index in [2.05, 4.69) is 15.9 Å². The Morgan fingerprint density at radius 1 is 1.12 bits per heavy atom. The van der Waals surface area contributed by atoms with E-state index in [0.29, 0.717) is 0 Å². The highest BCUT2D eigenvalue weighted by molar-refractivity contribution is 9.10. The second-order valence-electron chi connectivity index (χ2n) is 3.38. The van der Waals surface area contributed by atoms with Gasteiger partial charge in [-0.25, -0.2) is 0 Å². The highest BCUT2D eigenvalue weighted by Crippen LogP contribution is 2.16. The molecule has 0 aliphatic carbocycles. The molecule has 3 nitrogen and oxygen atoms in total. The second kappa shape index (κ2) is 5.01. The Balaban J connectivity index is 2.29. The van der Waals surface area contributed by atoms with Gasteiger partial charge in [0.2, 0.25) is 11.2 Å². The third-order valence-electron chi connectivity index (χ3n) is 2.18. The van der Waals surface area contributed by atoms with Gasteiger partial charge in [-0.2, -0.15) is 0 Å². The molecule has 0 aliphatic heterocycles. The van der Waals surface area contributed by atoms with Crippen LogP contribution in [-0.2, 0) is 0 Å². The minimum atomic E-state index is -0.452. The molecule has 0 amide bonds. The lowest BCUT2D eigenvalue weighted by atomic mass is 10.2. The van der Waals surface area contributed by atoms with E-state index >= 15 is 0 Å². The van der Waals surface area contributed by atoms with E-state index in [-0.39, 0.29) is 11.5 Å². The molecule has 1 N–H and O–H groups in total. The lowest BCUT2D eigenvalue weighted by molar-refractivity contribution is 0.424. The Morgan fingerprint density at radius 2 is 1.82 bits per heavy atom. The van der Waals surface area contributed by atoms with Crippen LogP contribution in [0.25, 0.3) is 12.2 Å². The Labute approximate surface area is 106 Å². The number of hydrogen-bond acceptors (Lipinski definition) is 3. The van der Waals surface area contributed by atoms with E-state index in [4.69, 9.17) is 4.42 Å². The van der Waals surface area contributed by atoms with E-state index in [9.17, 15) is 9.90 Å². The van der Waals surface area contributed by atoms with Gasteiger partial charge >= 0.3 is 0 Å². The van der Waals surface area contributed by atoms with Gasteiger partial charge in [0, 0.05) is 10.5 Å². The fourth-order valence-corrected chi connectivity index (χ4v) is 1.55. The Kier molecular flexibility index (Phi) is 3.44. The number of aromatic hydroxyl groups is 1. The summed E-state index contributed by atoms with van der Waals surface area (Å²) < 4.78 is 6.03. The maximum absolute atomic E-state index is 11.1. The third kappa shape index (κ3) is 2.85. The van der Waals surface area contributed by atoms with Crippen molar-refractivity contribution in [2.45, 2.75) is 0 Å². The molecule has 0 radical (unpaired) electrons. The summed E-state index contributed by atoms with van der Waals surface area (Å²) in [4.78, 5) is 11.1. The number of rotatable bonds is 2. The van der Waals surface area contributed by atoms with Crippen molar-refractivity contribution in [3.8, 4) is 5.75 Å². The normalized spacial score (nSPS) is 10.9. The molecule has 17 heavy (non-hydrogen) atoms. The van der Waals surface area contributed by atoms with Crippen molar-refractivity contribution in [2.75, 3.05) is 0 Å². The van der Waals surface area contributed by atoms with Gasteiger partial charge in [-0.3, -0.25) is 4.79 Å². The minimum absolute atomic E-state index is 0.153. The number of halogens is 1. The first kappa shape index (κ1) is 11.7. The van der Waals surface area contributed by atoms with Crippen molar-refractivity contribution in [1.29, 1.82) is 0 Å². The Bertz CT molecular complexity index is 597. The van der Waals surface area contributed by atoms with Gasteiger partial charge in [-0.1, -0.05) is 34.1 Å². The van der Waals surface area contributed by atoms with Crippen LogP contribution in [0.5, 0.6) is 5.75 Å². The van der Waals surface area contributed by atoms with Gasteiger partial charge in [-0.05, 0) is 23.8 Å². The van der Waals surface area contributed by atoms with Crippen molar-refractivity contribution in [3.05, 3.63) is 62.6 Å². The lowest BCUT2D eigenvalue weighted by Crippen LogP contribution is -1.97. The van der Waals surface area contributed by atoms with E-state index in [1.54, 1.807) is 12.2 Å². The quantitative estimate of drug-likeness (QED) is 0.924. The molecule has 0 unspecified atom stereocenters. The topological polar surface area (TPSA) is 50.4 Å². The zero-order valence-corrected chi connectivity index (χ0v) is 10.3. The summed E-state index contributed by atoms with van der Waals surface area (Å²) in [6.45, 7) is 0. The first-order valence-electron chi connectivity index (χ1n) is 4.91. The van der Waals surface area contributed by atoms with Crippen molar-refractivity contribution in [1.82, 2.24) is 0 Å². The fraction of sp³-hybridized carbons (Fsp3) is 0. The van der Waals surface area contributed by atoms with Gasteiger partial charge < -0.3 is 9.52 Å². The van der Waals surface area contributed by atoms with Crippen LogP contribution in [0.3, 0.4) is 0 Å². The van der Waals surface area contributed by atoms with Crippen LogP contribution < -0.4 is 5.43 Å². The summed E-state index contributed by atoms with van der Waals surface area (Å²) in [7, 11) is 0. The zero-order chi connectivity index (χ0) is 12.3. The van der Waals surface area contributed by atoms with E-state index in [0.717, 1.165) is 10.0 Å². The molecule has 1 aromatic heterocycles. The lowest BCUT2D eigenvalue weighted by Gasteiger charge is -1.96. The molecule has 0 aliphatic rings. The maximum atomic E-state index is 11.1. The molecule has 2 rings (SSSR count). The van der Waals surface area contributed by atoms with Gasteiger partial charge in [0.25, 0.3) is 0 Å². The van der Waals surface area contributed by atoms with Crippen molar-refractivity contribution >= 4 is 28.1 Å². The van der Waals surface area contributed by atoms with Crippen LogP contribution in [0.15, 0.2) is 50.3 Å². The molecular formula is C13H9BrO3. The molecular weight excluding hydrogens is 284 g/mol. The van der Waals surface area contributed by atoms with Crippen molar-refractivity contribution in [3.63, 3.8) is 0 Å². The van der Waals surface area contributed by atoms with Crippen LogP contribution in [0.2, 0.25) is 0 Å². The first-order valence-corrected chi connectivity index (χ1v) is 5.70. The SMILES string of the molecule is O=c1ccoc(C=Cc2ccc(Br)cc2)c1O. The molecule has 0 spiro atoms. The summed E-state index contributed by atoms with van der Waals surface area (Å²) in [5.41, 5.74) is 0.491. The Hall–Kier alpha value is -1.81. The molecule has 0 saturated heterocycles. The molecule has 2 aromatic rings. The molecule has 0 atom stereocenters. The van der Waals surface area contributed by atoms with E-state index in [1.165, 1.54) is 12.3 Å². The zero-order valence-electron chi connectivity index (χ0n) is 8.76. The first-order chi connectivity index (χ1) is 8.16. The smallest absolute Gasteiger partial charge is 0.227 e. The molecule has 4 heteroatoms. The van der Waals surface area contributed by atoms with Crippen molar-refractivity contribution < 1.29 is 9.52 Å². The summed E-state index contributed by atoms with van der Waals surface area (Å²) >= 11 is 3.34. The number of benzene rings is 1. The summed E-state index contributed by atoms with van der Waals surface area (Å²) in [5, 5.41) is 9.45. The molecule has 1 aromatic carbocycles. The fourth-order valence-electron chi connectivity index (χ4n) is 1.29. The predicted molar refractivity (Wildman–Crippen MR) is 69.7 cm³/mol. The van der Waals surface area contributed by atoms with Crippen LogP contribution in [0.1, 0.15) is 11.3 Å². The minimum Gasteiger partial charge on any atom is -0.502 e. The van der Waals surface area contributed by atoms with E-state index in [1.807, 2.05) is 24.3 Å². The second-order valence-corrected chi connectivity index (χ2v) is 4.30. The summed E-state index contributed by atoms with van der Waals surface area (Å²) in [6.07, 6.45) is 4.56. The summed E-state index contributed by atoms with van der Waals surface area (Å²) in [5.74, 6) is -0.221. The average Bonchev–Trinajstić information content (AvgIpc) is 2.33. The summed E-state index contributed by atoms with van der Waals surface area (Å²) in [6, 6.07) is 8.78. The largest absolute Gasteiger partial charge is 0.502 e. The number of hydrogen-bond donors (Lipinski definition) is 1. The van der Waals surface area contributed by atoms with Crippen molar-refractivity contribution in [2.24, 2.45) is 0 Å². The Morgan fingerprint density at radius 3 is 2.53 bits per heavy atom. The molecule has 0 fully saturated rings. The highest BCUT2D eigenvalue weighted by atomic mass is 79.9. The molecule has 1 heterocycles. The van der Waals surface area contributed by atoms with Crippen LogP contribution >= 0.6 is 15.9 Å². The van der Waals surface area contributed by atoms with Gasteiger partial charge in [0.05, 0.1) is 6.26 Å².